The van der Waals surface area contributed by atoms with E-state index < -0.39 is 5.60 Å². The first-order valence-corrected chi connectivity index (χ1v) is 7.51. The molecule has 2 aromatic heterocycles. The lowest BCUT2D eigenvalue weighted by Crippen LogP contribution is -2.39. The summed E-state index contributed by atoms with van der Waals surface area (Å²) in [5, 5.41) is 0. The fourth-order valence-corrected chi connectivity index (χ4v) is 2.61. The van der Waals surface area contributed by atoms with Gasteiger partial charge in [0.15, 0.2) is 0 Å². The maximum absolute atomic E-state index is 12.2. The number of rotatable bonds is 1. The molecule has 1 aliphatic rings. The van der Waals surface area contributed by atoms with E-state index in [1.165, 1.54) is 5.69 Å². The summed E-state index contributed by atoms with van der Waals surface area (Å²) in [6.07, 6.45) is 4.13. The van der Waals surface area contributed by atoms with Gasteiger partial charge in [-0.1, -0.05) is 0 Å². The first kappa shape index (κ1) is 14.6. The number of amides is 1. The van der Waals surface area contributed by atoms with E-state index in [1.54, 1.807) is 17.3 Å². The van der Waals surface area contributed by atoms with Gasteiger partial charge in [0, 0.05) is 42.3 Å². The van der Waals surface area contributed by atoms with Gasteiger partial charge in [-0.2, -0.15) is 0 Å². The molecule has 0 bridgehead atoms. The van der Waals surface area contributed by atoms with Gasteiger partial charge in [-0.05, 0) is 44.5 Å². The first-order valence-electron chi connectivity index (χ1n) is 7.51. The number of carbonyl (C=O) groups excluding carboxylic acids is 1. The molecule has 116 valence electrons. The van der Waals surface area contributed by atoms with E-state index in [9.17, 15) is 4.79 Å². The maximum Gasteiger partial charge on any atom is 0.410 e. The van der Waals surface area contributed by atoms with Crippen LogP contribution in [0.4, 0.5) is 4.79 Å². The van der Waals surface area contributed by atoms with Gasteiger partial charge in [-0.25, -0.2) is 4.79 Å². The molecule has 0 aromatic carbocycles. The standard InChI is InChI=1S/C17H21N3O2/c1-17(2,3)22-16(21)20-9-6-14-13(11-20)10-15(19-14)12-4-7-18-8-5-12/h4-5,7-8,10,19H,6,9,11H2,1-3H3. The van der Waals surface area contributed by atoms with Crippen LogP contribution in [-0.4, -0.2) is 33.1 Å². The molecule has 0 saturated carbocycles. The topological polar surface area (TPSA) is 58.2 Å². The number of aromatic amines is 1. The van der Waals surface area contributed by atoms with E-state index in [2.05, 4.69) is 16.0 Å². The molecule has 22 heavy (non-hydrogen) atoms. The summed E-state index contributed by atoms with van der Waals surface area (Å²) in [5.41, 5.74) is 4.07. The lowest BCUT2D eigenvalue weighted by atomic mass is 10.1. The number of ether oxygens (including phenoxy) is 1. The van der Waals surface area contributed by atoms with Crippen molar-refractivity contribution in [1.82, 2.24) is 14.9 Å². The Labute approximate surface area is 130 Å². The Hall–Kier alpha value is -2.30. The molecule has 3 heterocycles. The Morgan fingerprint density at radius 2 is 2.05 bits per heavy atom. The normalized spacial score (nSPS) is 14.6. The number of H-pyrrole nitrogens is 1. The number of carbonyl (C=O) groups is 1. The van der Waals surface area contributed by atoms with E-state index >= 15 is 0 Å². The van der Waals surface area contributed by atoms with E-state index in [1.807, 2.05) is 32.9 Å². The zero-order valence-electron chi connectivity index (χ0n) is 13.2. The van der Waals surface area contributed by atoms with Gasteiger partial charge in [0.2, 0.25) is 0 Å². The molecule has 0 atom stereocenters. The molecule has 0 unspecified atom stereocenters. The van der Waals surface area contributed by atoms with Gasteiger partial charge >= 0.3 is 6.09 Å². The van der Waals surface area contributed by atoms with Crippen LogP contribution in [0.1, 0.15) is 32.0 Å². The van der Waals surface area contributed by atoms with Crippen molar-refractivity contribution in [2.24, 2.45) is 0 Å². The summed E-state index contributed by atoms with van der Waals surface area (Å²) < 4.78 is 5.45. The number of fused-ring (bicyclic) bond motifs is 1. The lowest BCUT2D eigenvalue weighted by Gasteiger charge is -2.29. The predicted molar refractivity (Wildman–Crippen MR) is 84.4 cm³/mol. The molecule has 0 spiro atoms. The van der Waals surface area contributed by atoms with Crippen LogP contribution in [0.25, 0.3) is 11.3 Å². The summed E-state index contributed by atoms with van der Waals surface area (Å²) in [5.74, 6) is 0. The second-order valence-corrected chi connectivity index (χ2v) is 6.57. The molecule has 5 nitrogen and oxygen atoms in total. The minimum absolute atomic E-state index is 0.246. The summed E-state index contributed by atoms with van der Waals surface area (Å²) in [7, 11) is 0. The van der Waals surface area contributed by atoms with Crippen molar-refractivity contribution >= 4 is 6.09 Å². The van der Waals surface area contributed by atoms with E-state index in [-0.39, 0.29) is 6.09 Å². The van der Waals surface area contributed by atoms with Gasteiger partial charge in [-0.3, -0.25) is 4.98 Å². The van der Waals surface area contributed by atoms with Gasteiger partial charge in [0.25, 0.3) is 0 Å². The quantitative estimate of drug-likeness (QED) is 0.878. The monoisotopic (exact) mass is 299 g/mol. The molecule has 0 saturated heterocycles. The predicted octanol–water partition coefficient (Wildman–Crippen LogP) is 3.37. The fraction of sp³-hybridized carbons (Fsp3) is 0.412. The number of aromatic nitrogens is 2. The smallest absolute Gasteiger partial charge is 0.410 e. The van der Waals surface area contributed by atoms with Crippen LogP contribution in [0.5, 0.6) is 0 Å². The van der Waals surface area contributed by atoms with Gasteiger partial charge in [-0.15, -0.1) is 0 Å². The molecule has 1 amide bonds. The Bertz CT molecular complexity index is 671. The van der Waals surface area contributed by atoms with E-state index in [0.29, 0.717) is 13.1 Å². The Morgan fingerprint density at radius 3 is 2.73 bits per heavy atom. The summed E-state index contributed by atoms with van der Waals surface area (Å²) in [6, 6.07) is 6.06. The summed E-state index contributed by atoms with van der Waals surface area (Å²) >= 11 is 0. The van der Waals surface area contributed by atoms with Crippen LogP contribution >= 0.6 is 0 Å². The largest absolute Gasteiger partial charge is 0.444 e. The molecule has 5 heteroatoms. The van der Waals surface area contributed by atoms with Crippen molar-refractivity contribution in [1.29, 1.82) is 0 Å². The second-order valence-electron chi connectivity index (χ2n) is 6.57. The number of hydrogen-bond acceptors (Lipinski definition) is 3. The van der Waals surface area contributed by atoms with Crippen molar-refractivity contribution in [3.8, 4) is 11.3 Å². The van der Waals surface area contributed by atoms with Crippen molar-refractivity contribution in [3.63, 3.8) is 0 Å². The minimum atomic E-state index is -0.461. The zero-order valence-corrected chi connectivity index (χ0v) is 13.2. The Balaban J connectivity index is 1.77. The van der Waals surface area contributed by atoms with Crippen LogP contribution in [0.2, 0.25) is 0 Å². The minimum Gasteiger partial charge on any atom is -0.444 e. The number of nitrogens with zero attached hydrogens (tertiary/aromatic N) is 2. The van der Waals surface area contributed by atoms with E-state index in [0.717, 1.165) is 23.2 Å². The highest BCUT2D eigenvalue weighted by Gasteiger charge is 2.26. The van der Waals surface area contributed by atoms with Crippen molar-refractivity contribution in [2.45, 2.75) is 39.3 Å². The third kappa shape index (κ3) is 3.13. The molecule has 1 N–H and O–H groups in total. The average Bonchev–Trinajstić information content (AvgIpc) is 2.89. The number of nitrogens with one attached hydrogen (secondary N) is 1. The molecular weight excluding hydrogens is 278 g/mol. The molecular formula is C17H21N3O2. The van der Waals surface area contributed by atoms with Gasteiger partial charge < -0.3 is 14.6 Å². The maximum atomic E-state index is 12.2. The number of hydrogen-bond donors (Lipinski definition) is 1. The molecule has 0 fully saturated rings. The highest BCUT2D eigenvalue weighted by atomic mass is 16.6. The lowest BCUT2D eigenvalue weighted by molar-refractivity contribution is 0.0223. The van der Waals surface area contributed by atoms with Crippen LogP contribution < -0.4 is 0 Å². The first-order chi connectivity index (χ1) is 10.4. The highest BCUT2D eigenvalue weighted by molar-refractivity contribution is 5.69. The third-order valence-corrected chi connectivity index (χ3v) is 3.63. The van der Waals surface area contributed by atoms with Crippen LogP contribution in [0.3, 0.4) is 0 Å². The van der Waals surface area contributed by atoms with Crippen molar-refractivity contribution < 1.29 is 9.53 Å². The average molecular weight is 299 g/mol. The molecule has 0 aliphatic carbocycles. The SMILES string of the molecule is CC(C)(C)OC(=O)N1CCc2[nH]c(-c3ccncc3)cc2C1. The van der Waals surface area contributed by atoms with Crippen LogP contribution in [0, 0.1) is 0 Å². The van der Waals surface area contributed by atoms with Gasteiger partial charge in [0.1, 0.15) is 5.60 Å². The summed E-state index contributed by atoms with van der Waals surface area (Å²) in [4.78, 5) is 21.4. The van der Waals surface area contributed by atoms with Crippen molar-refractivity contribution in [2.75, 3.05) is 6.54 Å². The Kier molecular flexibility index (Phi) is 3.64. The van der Waals surface area contributed by atoms with Crippen LogP contribution in [-0.2, 0) is 17.7 Å². The summed E-state index contributed by atoms with van der Waals surface area (Å²) in [6.45, 7) is 6.93. The number of pyridine rings is 1. The molecule has 0 radical (unpaired) electrons. The molecule has 3 rings (SSSR count). The molecule has 1 aliphatic heterocycles. The zero-order chi connectivity index (χ0) is 15.7. The highest BCUT2D eigenvalue weighted by Crippen LogP contribution is 2.26. The second kappa shape index (κ2) is 5.48. The Morgan fingerprint density at radius 1 is 1.32 bits per heavy atom. The third-order valence-electron chi connectivity index (χ3n) is 3.63. The van der Waals surface area contributed by atoms with Crippen molar-refractivity contribution in [3.05, 3.63) is 41.9 Å². The van der Waals surface area contributed by atoms with Gasteiger partial charge in [0.05, 0.1) is 6.54 Å². The fourth-order valence-electron chi connectivity index (χ4n) is 2.61. The van der Waals surface area contributed by atoms with Crippen LogP contribution in [0.15, 0.2) is 30.6 Å². The van der Waals surface area contributed by atoms with E-state index in [4.69, 9.17) is 4.74 Å². The molecule has 2 aromatic rings.